The SMILES string of the molecule is COc1ccc(-c2nc(-c3ccc(C)cc3O)nc(-c3ccc(O)cc3O)n2)c(O)c1.COc1ccc(-c2nc(-c3ccc(C)cc3O)nc(-c3ccc(OC)cc3O)n2)c(O)c1. The maximum absolute atomic E-state index is 10.5. The van der Waals surface area contributed by atoms with E-state index in [0.29, 0.717) is 45.1 Å². The summed E-state index contributed by atoms with van der Waals surface area (Å²) in [5, 5.41) is 72.3. The molecule has 318 valence electrons. The molecule has 0 aliphatic rings. The van der Waals surface area contributed by atoms with E-state index in [4.69, 9.17) is 14.2 Å². The first-order valence-electron chi connectivity index (χ1n) is 19.0. The van der Waals surface area contributed by atoms with Crippen molar-refractivity contribution in [2.24, 2.45) is 0 Å². The molecule has 2 aromatic heterocycles. The number of aromatic hydroxyl groups is 7. The Bertz CT molecular complexity index is 2860. The summed E-state index contributed by atoms with van der Waals surface area (Å²) in [5.74, 6) is 1.70. The summed E-state index contributed by atoms with van der Waals surface area (Å²) < 4.78 is 15.4. The zero-order valence-electron chi connectivity index (χ0n) is 34.4. The Kier molecular flexibility index (Phi) is 12.1. The molecule has 16 heteroatoms. The van der Waals surface area contributed by atoms with Crippen LogP contribution in [0.1, 0.15) is 11.1 Å². The minimum atomic E-state index is -0.227. The molecule has 0 unspecified atom stereocenters. The molecule has 63 heavy (non-hydrogen) atoms. The van der Waals surface area contributed by atoms with Crippen molar-refractivity contribution in [3.63, 3.8) is 0 Å². The predicted octanol–water partition coefficient (Wildman–Crippen LogP) is 8.33. The second-order valence-corrected chi connectivity index (χ2v) is 14.0. The van der Waals surface area contributed by atoms with E-state index >= 15 is 0 Å². The number of aryl methyl sites for hydroxylation is 2. The quantitative estimate of drug-likeness (QED) is 0.0721. The maximum atomic E-state index is 10.5. The Morgan fingerprint density at radius 2 is 0.540 bits per heavy atom. The summed E-state index contributed by atoms with van der Waals surface area (Å²) in [6.07, 6.45) is 0. The van der Waals surface area contributed by atoms with Gasteiger partial charge in [0.05, 0.1) is 54.7 Å². The van der Waals surface area contributed by atoms with Crippen LogP contribution >= 0.6 is 0 Å². The molecule has 0 radical (unpaired) electrons. The highest BCUT2D eigenvalue weighted by atomic mass is 16.5. The minimum Gasteiger partial charge on any atom is -0.508 e. The van der Waals surface area contributed by atoms with E-state index < -0.39 is 0 Å². The van der Waals surface area contributed by atoms with E-state index in [-0.39, 0.29) is 80.8 Å². The summed E-state index contributed by atoms with van der Waals surface area (Å²) in [5.41, 5.74) is 3.74. The van der Waals surface area contributed by atoms with E-state index in [1.807, 2.05) is 19.9 Å². The molecule has 0 saturated carbocycles. The van der Waals surface area contributed by atoms with E-state index in [1.165, 1.54) is 57.7 Å². The van der Waals surface area contributed by atoms with Crippen LogP contribution in [0.5, 0.6) is 57.5 Å². The first-order chi connectivity index (χ1) is 30.2. The topological polar surface area (TPSA) is 247 Å². The van der Waals surface area contributed by atoms with E-state index in [9.17, 15) is 35.7 Å². The van der Waals surface area contributed by atoms with Crippen LogP contribution in [0.25, 0.3) is 68.3 Å². The highest BCUT2D eigenvalue weighted by molar-refractivity contribution is 5.76. The number of phenols is 7. The molecule has 0 aliphatic heterocycles. The second-order valence-electron chi connectivity index (χ2n) is 14.0. The molecule has 16 nitrogen and oxygen atoms in total. The second kappa shape index (κ2) is 17.9. The lowest BCUT2D eigenvalue weighted by Gasteiger charge is -2.12. The molecule has 0 amide bonds. The summed E-state index contributed by atoms with van der Waals surface area (Å²) in [7, 11) is 4.49. The Labute approximate surface area is 360 Å². The maximum Gasteiger partial charge on any atom is 0.167 e. The third kappa shape index (κ3) is 9.24. The fraction of sp³-hybridized carbons (Fsp3) is 0.106. The van der Waals surface area contributed by atoms with Crippen LogP contribution in [-0.4, -0.2) is 87.0 Å². The number of methoxy groups -OCH3 is 3. The Morgan fingerprint density at radius 3 is 0.778 bits per heavy atom. The van der Waals surface area contributed by atoms with Gasteiger partial charge in [-0.1, -0.05) is 12.1 Å². The third-order valence-electron chi connectivity index (χ3n) is 9.62. The van der Waals surface area contributed by atoms with Crippen LogP contribution in [0.3, 0.4) is 0 Å². The molecule has 0 saturated heterocycles. The Balaban J connectivity index is 0.000000189. The lowest BCUT2D eigenvalue weighted by molar-refractivity contribution is 0.407. The summed E-state index contributed by atoms with van der Waals surface area (Å²) in [6.45, 7) is 3.70. The molecule has 8 rings (SSSR count). The van der Waals surface area contributed by atoms with E-state index in [2.05, 4.69) is 29.9 Å². The molecular formula is C47H40N6O10. The molecule has 0 fully saturated rings. The number of rotatable bonds is 9. The smallest absolute Gasteiger partial charge is 0.167 e. The normalized spacial score (nSPS) is 10.7. The van der Waals surface area contributed by atoms with Gasteiger partial charge in [0.1, 0.15) is 57.5 Å². The Morgan fingerprint density at radius 1 is 0.302 bits per heavy atom. The van der Waals surface area contributed by atoms with Crippen molar-refractivity contribution < 1.29 is 50.0 Å². The number of hydrogen-bond donors (Lipinski definition) is 7. The van der Waals surface area contributed by atoms with Gasteiger partial charge in [-0.2, -0.15) is 0 Å². The van der Waals surface area contributed by atoms with Crippen molar-refractivity contribution >= 4 is 0 Å². The summed E-state index contributed by atoms with van der Waals surface area (Å²) >= 11 is 0. The molecule has 0 bridgehead atoms. The lowest BCUT2D eigenvalue weighted by atomic mass is 10.1. The molecule has 0 aliphatic carbocycles. The molecular weight excluding hydrogens is 809 g/mol. The average molecular weight is 849 g/mol. The van der Waals surface area contributed by atoms with Gasteiger partial charge in [-0.25, -0.2) is 29.9 Å². The minimum absolute atomic E-state index is 0.00556. The van der Waals surface area contributed by atoms with Crippen LogP contribution in [0, 0.1) is 13.8 Å². The fourth-order valence-electron chi connectivity index (χ4n) is 6.33. The van der Waals surface area contributed by atoms with Gasteiger partial charge in [0.15, 0.2) is 34.9 Å². The monoisotopic (exact) mass is 848 g/mol. The molecule has 8 aromatic rings. The number of ether oxygens (including phenoxy) is 3. The lowest BCUT2D eigenvalue weighted by Crippen LogP contribution is -2.01. The molecule has 0 spiro atoms. The van der Waals surface area contributed by atoms with Crippen molar-refractivity contribution in [3.05, 3.63) is 120 Å². The first-order valence-corrected chi connectivity index (χ1v) is 19.0. The predicted molar refractivity (Wildman–Crippen MR) is 233 cm³/mol. The van der Waals surface area contributed by atoms with Gasteiger partial charge < -0.3 is 50.0 Å². The zero-order chi connectivity index (χ0) is 44.9. The van der Waals surface area contributed by atoms with Crippen LogP contribution in [0.2, 0.25) is 0 Å². The standard InChI is InChI=1S/C24H21N3O5.C23H19N3O5/c1-13-4-7-16(19(28)10-13)22-25-23(17-8-5-14(31-2)11-20(17)29)27-24(26-22)18-9-6-15(32-3)12-21(18)30;1-12-3-6-15(18(28)9-12)21-24-22(16-7-4-13(27)10-19(16)29)26-23(25-21)17-8-5-14(31-2)11-20(17)30/h4-12,28-30H,1-3H3;3-11,27-30H,1-2H3. The number of hydrogen-bond acceptors (Lipinski definition) is 16. The van der Waals surface area contributed by atoms with Gasteiger partial charge in [-0.3, -0.25) is 0 Å². The van der Waals surface area contributed by atoms with Crippen molar-refractivity contribution in [1.82, 2.24) is 29.9 Å². The average Bonchev–Trinajstić information content (AvgIpc) is 3.26. The molecule has 0 atom stereocenters. The highest BCUT2D eigenvalue weighted by Crippen LogP contribution is 2.39. The molecule has 7 N–H and O–H groups in total. The number of benzene rings is 6. The fourth-order valence-corrected chi connectivity index (χ4v) is 6.33. The van der Waals surface area contributed by atoms with Crippen molar-refractivity contribution in [2.75, 3.05) is 21.3 Å². The van der Waals surface area contributed by atoms with Gasteiger partial charge in [0.25, 0.3) is 0 Å². The van der Waals surface area contributed by atoms with Gasteiger partial charge >= 0.3 is 0 Å². The van der Waals surface area contributed by atoms with E-state index in [1.54, 1.807) is 66.7 Å². The third-order valence-corrected chi connectivity index (χ3v) is 9.62. The number of aromatic nitrogens is 6. The van der Waals surface area contributed by atoms with Gasteiger partial charge in [-0.15, -0.1) is 0 Å². The van der Waals surface area contributed by atoms with Gasteiger partial charge in [0, 0.05) is 24.3 Å². The van der Waals surface area contributed by atoms with Crippen molar-refractivity contribution in [2.45, 2.75) is 13.8 Å². The van der Waals surface area contributed by atoms with Crippen LogP contribution in [-0.2, 0) is 0 Å². The van der Waals surface area contributed by atoms with Crippen molar-refractivity contribution in [1.29, 1.82) is 0 Å². The van der Waals surface area contributed by atoms with E-state index in [0.717, 1.165) is 11.1 Å². The highest BCUT2D eigenvalue weighted by Gasteiger charge is 2.21. The number of phenolic OH excluding ortho intramolecular Hbond substituents is 7. The van der Waals surface area contributed by atoms with Crippen LogP contribution < -0.4 is 14.2 Å². The first kappa shape index (κ1) is 42.5. The molecule has 2 heterocycles. The molecule has 6 aromatic carbocycles. The number of nitrogens with zero attached hydrogens (tertiary/aromatic N) is 6. The van der Waals surface area contributed by atoms with Crippen molar-refractivity contribution in [3.8, 4) is 126 Å². The largest absolute Gasteiger partial charge is 0.508 e. The Hall–Kier alpha value is -8.66. The van der Waals surface area contributed by atoms with Crippen LogP contribution in [0.15, 0.2) is 109 Å². The summed E-state index contributed by atoms with van der Waals surface area (Å²) in [4.78, 5) is 26.7. The zero-order valence-corrected chi connectivity index (χ0v) is 34.4. The van der Waals surface area contributed by atoms with Gasteiger partial charge in [0.2, 0.25) is 0 Å². The van der Waals surface area contributed by atoms with Crippen LogP contribution in [0.4, 0.5) is 0 Å². The summed E-state index contributed by atoms with van der Waals surface area (Å²) in [6, 6.07) is 28.4. The van der Waals surface area contributed by atoms with Gasteiger partial charge in [-0.05, 0) is 97.8 Å².